The fraction of sp³-hybridized carbons (Fsp3) is 0.0909. The zero-order valence-electron chi connectivity index (χ0n) is 9.10. The first kappa shape index (κ1) is 12.9. The Kier molecular flexibility index (Phi) is 2.93. The number of hydrogen-bond acceptors (Lipinski definition) is 4. The van der Waals surface area contributed by atoms with Crippen LogP contribution < -0.4 is 4.74 Å². The maximum absolute atomic E-state index is 12.5. The summed E-state index contributed by atoms with van der Waals surface area (Å²) < 4.78 is 41.7. The fourth-order valence-electron chi connectivity index (χ4n) is 1.51. The highest BCUT2D eigenvalue weighted by molar-refractivity contribution is 5.88. The van der Waals surface area contributed by atoms with Crippen molar-refractivity contribution in [1.82, 2.24) is 4.98 Å². The lowest BCUT2D eigenvalue weighted by Crippen LogP contribution is -2.05. The van der Waals surface area contributed by atoms with Crippen LogP contribution in [0, 0.1) is 0 Å². The largest absolute Gasteiger partial charge is 0.511 e. The normalized spacial score (nSPS) is 11.5. The highest BCUT2D eigenvalue weighted by atomic mass is 19.4. The van der Waals surface area contributed by atoms with E-state index in [1.54, 1.807) is 0 Å². The number of fused-ring (bicyclic) bond motifs is 1. The first-order valence-electron chi connectivity index (χ1n) is 4.89. The summed E-state index contributed by atoms with van der Waals surface area (Å²) in [6.07, 6.45) is -5.35. The van der Waals surface area contributed by atoms with Crippen LogP contribution in [0.3, 0.4) is 0 Å². The second kappa shape index (κ2) is 4.30. The first-order valence-corrected chi connectivity index (χ1v) is 4.89. The molecule has 2 aromatic rings. The number of carboxylic acid groups (broad SMARTS) is 1. The highest BCUT2D eigenvalue weighted by Gasteiger charge is 2.30. The molecule has 19 heavy (non-hydrogen) atoms. The monoisotopic (exact) mass is 273 g/mol. The standard InChI is InChI=1S/C11H6F3NO4/c12-11(13,14)5-1-2-6-7(3-5)15-4-8(9(6)16)19-10(17)18/h1-4H,(H,15,16)(H,17,18). The van der Waals surface area contributed by atoms with Crippen LogP contribution in [0.15, 0.2) is 24.4 Å². The van der Waals surface area contributed by atoms with E-state index in [-0.39, 0.29) is 10.9 Å². The van der Waals surface area contributed by atoms with Crippen LogP contribution in [0.25, 0.3) is 10.9 Å². The molecule has 100 valence electrons. The Bertz CT molecular complexity index is 654. The maximum atomic E-state index is 12.5. The zero-order chi connectivity index (χ0) is 14.2. The van der Waals surface area contributed by atoms with E-state index in [0.717, 1.165) is 24.4 Å². The Hall–Kier alpha value is -2.51. The average Bonchev–Trinajstić information content (AvgIpc) is 2.31. The number of benzene rings is 1. The van der Waals surface area contributed by atoms with Gasteiger partial charge in [-0.05, 0) is 18.2 Å². The van der Waals surface area contributed by atoms with Crippen molar-refractivity contribution in [2.45, 2.75) is 6.18 Å². The van der Waals surface area contributed by atoms with Crippen LogP contribution in [-0.4, -0.2) is 21.4 Å². The van der Waals surface area contributed by atoms with Gasteiger partial charge in [0.25, 0.3) is 0 Å². The van der Waals surface area contributed by atoms with E-state index >= 15 is 0 Å². The number of nitrogens with zero attached hydrogens (tertiary/aromatic N) is 1. The molecule has 0 atom stereocenters. The van der Waals surface area contributed by atoms with Crippen LogP contribution in [0.1, 0.15) is 5.56 Å². The van der Waals surface area contributed by atoms with Crippen molar-refractivity contribution in [2.24, 2.45) is 0 Å². The third-order valence-electron chi connectivity index (χ3n) is 2.33. The number of ether oxygens (including phenoxy) is 1. The van der Waals surface area contributed by atoms with Gasteiger partial charge in [0.2, 0.25) is 0 Å². The summed E-state index contributed by atoms with van der Waals surface area (Å²) in [5.41, 5.74) is -1.04. The average molecular weight is 273 g/mol. The molecule has 1 aromatic carbocycles. The molecule has 0 saturated carbocycles. The van der Waals surface area contributed by atoms with E-state index in [4.69, 9.17) is 5.11 Å². The van der Waals surface area contributed by atoms with Gasteiger partial charge in [0.15, 0.2) is 11.5 Å². The molecule has 1 aromatic heterocycles. The van der Waals surface area contributed by atoms with Gasteiger partial charge in [0.1, 0.15) is 0 Å². The summed E-state index contributed by atoms with van der Waals surface area (Å²) in [5, 5.41) is 18.1. The quantitative estimate of drug-likeness (QED) is 0.781. The summed E-state index contributed by atoms with van der Waals surface area (Å²) in [6.45, 7) is 0. The SMILES string of the molecule is O=C(O)Oc1cnc2cc(C(F)(F)F)ccc2c1O. The smallest absolute Gasteiger partial charge is 0.504 e. The van der Waals surface area contributed by atoms with Crippen molar-refractivity contribution in [1.29, 1.82) is 0 Å². The van der Waals surface area contributed by atoms with Gasteiger partial charge >= 0.3 is 12.3 Å². The molecule has 1 heterocycles. The van der Waals surface area contributed by atoms with E-state index in [1.807, 2.05) is 0 Å². The second-order valence-corrected chi connectivity index (χ2v) is 3.57. The summed E-state index contributed by atoms with van der Waals surface area (Å²) in [6, 6.07) is 2.50. The summed E-state index contributed by atoms with van der Waals surface area (Å²) in [4.78, 5) is 14.0. The molecule has 0 bridgehead atoms. The summed E-state index contributed by atoms with van der Waals surface area (Å²) in [5.74, 6) is -1.03. The molecule has 0 aliphatic rings. The number of rotatable bonds is 1. The highest BCUT2D eigenvalue weighted by Crippen LogP contribution is 2.36. The van der Waals surface area contributed by atoms with E-state index in [2.05, 4.69) is 9.72 Å². The van der Waals surface area contributed by atoms with Gasteiger partial charge in [-0.2, -0.15) is 13.2 Å². The van der Waals surface area contributed by atoms with Gasteiger partial charge in [0, 0.05) is 5.39 Å². The van der Waals surface area contributed by atoms with Gasteiger partial charge in [-0.25, -0.2) is 4.79 Å². The molecule has 0 radical (unpaired) electrons. The molecule has 0 aliphatic heterocycles. The minimum absolute atomic E-state index is 0.0354. The minimum atomic E-state index is -4.53. The number of pyridine rings is 1. The zero-order valence-corrected chi connectivity index (χ0v) is 9.10. The van der Waals surface area contributed by atoms with Crippen molar-refractivity contribution in [3.05, 3.63) is 30.0 Å². The number of carbonyl (C=O) groups is 1. The van der Waals surface area contributed by atoms with Crippen LogP contribution in [0.2, 0.25) is 0 Å². The predicted octanol–water partition coefficient (Wildman–Crippen LogP) is 3.02. The number of halogens is 3. The maximum Gasteiger partial charge on any atom is 0.511 e. The molecule has 0 aliphatic carbocycles. The van der Waals surface area contributed by atoms with Crippen molar-refractivity contribution in [2.75, 3.05) is 0 Å². The van der Waals surface area contributed by atoms with Gasteiger partial charge in [-0.1, -0.05) is 0 Å². The van der Waals surface area contributed by atoms with Crippen LogP contribution in [0.4, 0.5) is 18.0 Å². The van der Waals surface area contributed by atoms with E-state index in [0.29, 0.717) is 0 Å². The Labute approximate surface area is 103 Å². The van der Waals surface area contributed by atoms with E-state index in [1.165, 1.54) is 0 Å². The van der Waals surface area contributed by atoms with E-state index < -0.39 is 29.4 Å². The molecule has 8 heteroatoms. The van der Waals surface area contributed by atoms with Crippen molar-refractivity contribution in [3.63, 3.8) is 0 Å². The summed E-state index contributed by atoms with van der Waals surface area (Å²) >= 11 is 0. The minimum Gasteiger partial charge on any atom is -0.504 e. The number of aromatic hydroxyl groups is 1. The predicted molar refractivity (Wildman–Crippen MR) is 57.1 cm³/mol. The molecule has 0 fully saturated rings. The molecule has 0 saturated heterocycles. The fourth-order valence-corrected chi connectivity index (χ4v) is 1.51. The molecule has 2 rings (SSSR count). The van der Waals surface area contributed by atoms with Gasteiger partial charge in [-0.15, -0.1) is 0 Å². The van der Waals surface area contributed by atoms with Gasteiger partial charge < -0.3 is 14.9 Å². The van der Waals surface area contributed by atoms with Gasteiger partial charge in [-0.3, -0.25) is 4.98 Å². The third-order valence-corrected chi connectivity index (χ3v) is 2.33. The molecular formula is C11H6F3NO4. The number of alkyl halides is 3. The number of aromatic nitrogens is 1. The molecule has 0 unspecified atom stereocenters. The van der Waals surface area contributed by atoms with Gasteiger partial charge in [0.05, 0.1) is 17.3 Å². The van der Waals surface area contributed by atoms with Crippen molar-refractivity contribution >= 4 is 17.1 Å². The third kappa shape index (κ3) is 2.51. The molecule has 0 amide bonds. The number of hydrogen-bond donors (Lipinski definition) is 2. The Morgan fingerprint density at radius 2 is 2.00 bits per heavy atom. The lowest BCUT2D eigenvalue weighted by molar-refractivity contribution is -0.137. The van der Waals surface area contributed by atoms with Crippen molar-refractivity contribution < 1.29 is 32.9 Å². The molecule has 2 N–H and O–H groups in total. The van der Waals surface area contributed by atoms with E-state index in [9.17, 15) is 23.1 Å². The van der Waals surface area contributed by atoms with Crippen LogP contribution in [0.5, 0.6) is 11.5 Å². The summed E-state index contributed by atoms with van der Waals surface area (Å²) in [7, 11) is 0. The Morgan fingerprint density at radius 3 is 2.58 bits per heavy atom. The Balaban J connectivity index is 2.57. The lowest BCUT2D eigenvalue weighted by atomic mass is 10.1. The van der Waals surface area contributed by atoms with Crippen molar-refractivity contribution in [3.8, 4) is 11.5 Å². The van der Waals surface area contributed by atoms with Crippen LogP contribution in [-0.2, 0) is 6.18 Å². The Morgan fingerprint density at radius 1 is 1.32 bits per heavy atom. The van der Waals surface area contributed by atoms with Crippen LogP contribution >= 0.6 is 0 Å². The molecular weight excluding hydrogens is 267 g/mol. The lowest BCUT2D eigenvalue weighted by Gasteiger charge is -2.09. The molecule has 0 spiro atoms. The first-order chi connectivity index (χ1) is 8.79. The second-order valence-electron chi connectivity index (χ2n) is 3.57. The topological polar surface area (TPSA) is 79.7 Å². The molecule has 5 nitrogen and oxygen atoms in total.